The van der Waals surface area contributed by atoms with Crippen molar-refractivity contribution in [3.63, 3.8) is 0 Å². The van der Waals surface area contributed by atoms with E-state index in [0.717, 1.165) is 43.2 Å². The monoisotopic (exact) mass is 417 g/mol. The molecular weight excluding hydrogens is 382 g/mol. The van der Waals surface area contributed by atoms with Crippen LogP contribution in [0.4, 0.5) is 0 Å². The molecule has 0 saturated heterocycles. The van der Waals surface area contributed by atoms with E-state index in [0.29, 0.717) is 25.4 Å². The van der Waals surface area contributed by atoms with Gasteiger partial charge in [-0.1, -0.05) is 44.9 Å². The number of nitrogens with one attached hydrogen (secondary N) is 1. The van der Waals surface area contributed by atoms with Gasteiger partial charge in [0.15, 0.2) is 5.16 Å². The van der Waals surface area contributed by atoms with Crippen LogP contribution in [-0.2, 0) is 17.8 Å². The van der Waals surface area contributed by atoms with Crippen molar-refractivity contribution in [1.82, 2.24) is 20.1 Å². The average molecular weight is 418 g/mol. The Labute approximate surface area is 174 Å². The molecule has 27 heavy (non-hydrogen) atoms. The Morgan fingerprint density at radius 3 is 2.59 bits per heavy atom. The van der Waals surface area contributed by atoms with E-state index in [1.165, 1.54) is 19.3 Å². The number of carbonyl (C=O) groups is 1. The normalized spacial score (nSPS) is 16.2. The molecule has 1 fully saturated rings. The van der Waals surface area contributed by atoms with Gasteiger partial charge in [0, 0.05) is 25.9 Å². The predicted octanol–water partition coefficient (Wildman–Crippen LogP) is 3.43. The molecule has 0 unspecified atom stereocenters. The molecule has 1 aliphatic rings. The Balaban J connectivity index is 0.00000364. The molecule has 6 nitrogen and oxygen atoms in total. The quantitative estimate of drug-likeness (QED) is 0.450. The summed E-state index contributed by atoms with van der Waals surface area (Å²) >= 11 is 1.63. The molecule has 0 spiro atoms. The van der Waals surface area contributed by atoms with Gasteiger partial charge in [-0.05, 0) is 43.4 Å². The van der Waals surface area contributed by atoms with Crippen molar-refractivity contribution in [3.05, 3.63) is 5.82 Å². The molecule has 3 N–H and O–H groups in total. The van der Waals surface area contributed by atoms with Crippen LogP contribution >= 0.6 is 24.2 Å². The Bertz CT molecular complexity index is 572. The highest BCUT2D eigenvalue weighted by Gasteiger charge is 2.32. The van der Waals surface area contributed by atoms with E-state index in [1.54, 1.807) is 11.8 Å². The van der Waals surface area contributed by atoms with Crippen LogP contribution < -0.4 is 11.1 Å². The Morgan fingerprint density at radius 1 is 1.30 bits per heavy atom. The minimum absolute atomic E-state index is 0. The first kappa shape index (κ1) is 24.2. The molecule has 1 aromatic rings. The van der Waals surface area contributed by atoms with Gasteiger partial charge in [0.2, 0.25) is 5.91 Å². The molecular formula is C19H36ClN5OS. The lowest BCUT2D eigenvalue weighted by molar-refractivity contribution is -0.123. The number of aromatic nitrogens is 3. The highest BCUT2D eigenvalue weighted by atomic mass is 35.5. The van der Waals surface area contributed by atoms with Gasteiger partial charge in [0.25, 0.3) is 0 Å². The van der Waals surface area contributed by atoms with Crippen molar-refractivity contribution in [2.75, 3.05) is 19.3 Å². The molecule has 0 radical (unpaired) electrons. The SMILES string of the molecule is CSc1nnc(CCCNC(=O)CC2(CN)CCCCC2)n1CC(C)C.Cl. The molecule has 2 rings (SSSR count). The summed E-state index contributed by atoms with van der Waals surface area (Å²) in [4.78, 5) is 12.3. The van der Waals surface area contributed by atoms with Crippen LogP contribution in [0.2, 0.25) is 0 Å². The van der Waals surface area contributed by atoms with Gasteiger partial charge in [-0.3, -0.25) is 4.79 Å². The minimum Gasteiger partial charge on any atom is -0.356 e. The first-order valence-corrected chi connectivity index (χ1v) is 11.1. The van der Waals surface area contributed by atoms with Gasteiger partial charge in [-0.2, -0.15) is 0 Å². The fourth-order valence-electron chi connectivity index (χ4n) is 3.84. The molecule has 1 amide bonds. The summed E-state index contributed by atoms with van der Waals surface area (Å²) in [6.07, 6.45) is 10.2. The third-order valence-electron chi connectivity index (χ3n) is 5.31. The number of thioether (sulfide) groups is 1. The molecule has 1 heterocycles. The standard InChI is InChI=1S/C19H35N5OS.ClH/c1-15(2)13-24-16(22-23-18(24)26-3)8-7-11-21-17(25)12-19(14-20)9-5-4-6-10-19;/h15H,4-14,20H2,1-3H3,(H,21,25);1H. The zero-order chi connectivity index (χ0) is 19.0. The number of amides is 1. The fourth-order valence-corrected chi connectivity index (χ4v) is 4.36. The van der Waals surface area contributed by atoms with Gasteiger partial charge in [-0.15, -0.1) is 22.6 Å². The number of aryl methyl sites for hydroxylation is 1. The molecule has 0 aromatic carbocycles. The minimum atomic E-state index is 0. The smallest absolute Gasteiger partial charge is 0.220 e. The number of carbonyl (C=O) groups excluding carboxylic acids is 1. The van der Waals surface area contributed by atoms with Gasteiger partial charge in [0.1, 0.15) is 5.82 Å². The molecule has 1 saturated carbocycles. The van der Waals surface area contributed by atoms with E-state index in [-0.39, 0.29) is 23.7 Å². The van der Waals surface area contributed by atoms with Gasteiger partial charge in [0.05, 0.1) is 0 Å². The third kappa shape index (κ3) is 7.27. The van der Waals surface area contributed by atoms with Crippen LogP contribution in [0.1, 0.15) is 64.6 Å². The number of nitrogens with zero attached hydrogens (tertiary/aromatic N) is 3. The van der Waals surface area contributed by atoms with Crippen molar-refractivity contribution in [2.45, 2.75) is 76.9 Å². The second-order valence-electron chi connectivity index (χ2n) is 8.00. The molecule has 0 aliphatic heterocycles. The second-order valence-corrected chi connectivity index (χ2v) is 8.78. The van der Waals surface area contributed by atoms with E-state index in [4.69, 9.17) is 5.73 Å². The highest BCUT2D eigenvalue weighted by Crippen LogP contribution is 2.38. The third-order valence-corrected chi connectivity index (χ3v) is 5.97. The maximum absolute atomic E-state index is 12.3. The molecule has 156 valence electrons. The van der Waals surface area contributed by atoms with E-state index in [9.17, 15) is 4.79 Å². The van der Waals surface area contributed by atoms with E-state index in [2.05, 4.69) is 33.9 Å². The summed E-state index contributed by atoms with van der Waals surface area (Å²) in [6, 6.07) is 0. The lowest BCUT2D eigenvalue weighted by Crippen LogP contribution is -2.38. The van der Waals surface area contributed by atoms with Crippen LogP contribution in [0, 0.1) is 11.3 Å². The van der Waals surface area contributed by atoms with Crippen molar-refractivity contribution < 1.29 is 4.79 Å². The molecule has 1 aliphatic carbocycles. The number of halogens is 1. The zero-order valence-corrected chi connectivity index (χ0v) is 18.6. The first-order valence-electron chi connectivity index (χ1n) is 9.92. The van der Waals surface area contributed by atoms with Crippen molar-refractivity contribution in [1.29, 1.82) is 0 Å². The maximum atomic E-state index is 12.3. The summed E-state index contributed by atoms with van der Waals surface area (Å²) in [6.45, 7) is 6.64. The fraction of sp³-hybridized carbons (Fsp3) is 0.842. The van der Waals surface area contributed by atoms with Crippen molar-refractivity contribution >= 4 is 30.1 Å². The predicted molar refractivity (Wildman–Crippen MR) is 114 cm³/mol. The second kappa shape index (κ2) is 11.9. The van der Waals surface area contributed by atoms with Crippen LogP contribution in [0.3, 0.4) is 0 Å². The van der Waals surface area contributed by atoms with Crippen molar-refractivity contribution in [3.8, 4) is 0 Å². The van der Waals surface area contributed by atoms with Gasteiger partial charge in [-0.25, -0.2) is 0 Å². The number of nitrogens with two attached hydrogens (primary N) is 1. The van der Waals surface area contributed by atoms with Crippen LogP contribution in [-0.4, -0.2) is 40.0 Å². The summed E-state index contributed by atoms with van der Waals surface area (Å²) in [5.74, 6) is 1.71. The van der Waals surface area contributed by atoms with E-state index < -0.39 is 0 Å². The largest absolute Gasteiger partial charge is 0.356 e. The lowest BCUT2D eigenvalue weighted by Gasteiger charge is -2.35. The Morgan fingerprint density at radius 2 is 2.00 bits per heavy atom. The molecule has 8 heteroatoms. The maximum Gasteiger partial charge on any atom is 0.220 e. The first-order chi connectivity index (χ1) is 12.5. The summed E-state index contributed by atoms with van der Waals surface area (Å²) in [7, 11) is 0. The van der Waals surface area contributed by atoms with Crippen molar-refractivity contribution in [2.24, 2.45) is 17.1 Å². The Kier molecular flexibility index (Phi) is 10.7. The van der Waals surface area contributed by atoms with Crippen LogP contribution in [0.25, 0.3) is 0 Å². The average Bonchev–Trinajstić information content (AvgIpc) is 3.00. The van der Waals surface area contributed by atoms with Crippen LogP contribution in [0.15, 0.2) is 5.16 Å². The zero-order valence-electron chi connectivity index (χ0n) is 17.0. The topological polar surface area (TPSA) is 85.8 Å². The number of hydrogen-bond donors (Lipinski definition) is 2. The lowest BCUT2D eigenvalue weighted by atomic mass is 9.71. The van der Waals surface area contributed by atoms with Gasteiger partial charge >= 0.3 is 0 Å². The molecule has 0 atom stereocenters. The van der Waals surface area contributed by atoms with Crippen LogP contribution in [0.5, 0.6) is 0 Å². The molecule has 1 aromatic heterocycles. The molecule has 0 bridgehead atoms. The van der Waals surface area contributed by atoms with Gasteiger partial charge < -0.3 is 15.6 Å². The highest BCUT2D eigenvalue weighted by molar-refractivity contribution is 7.98. The number of rotatable bonds is 10. The summed E-state index contributed by atoms with van der Waals surface area (Å²) < 4.78 is 2.21. The van der Waals surface area contributed by atoms with E-state index >= 15 is 0 Å². The Hall–Kier alpha value is -0.790. The summed E-state index contributed by atoms with van der Waals surface area (Å²) in [5.41, 5.74) is 6.02. The summed E-state index contributed by atoms with van der Waals surface area (Å²) in [5, 5.41) is 12.7. The van der Waals surface area contributed by atoms with E-state index in [1.807, 2.05) is 6.26 Å². The number of hydrogen-bond acceptors (Lipinski definition) is 5.